The molecule has 0 atom stereocenters. The number of piperidine rings is 1. The second-order valence-electron chi connectivity index (χ2n) is 8.75. The zero-order valence-corrected chi connectivity index (χ0v) is 18.8. The molecule has 1 saturated heterocycles. The van der Waals surface area contributed by atoms with Crippen LogP contribution in [0.25, 0.3) is 0 Å². The highest BCUT2D eigenvalue weighted by molar-refractivity contribution is 6.31. The van der Waals surface area contributed by atoms with E-state index in [1.165, 1.54) is 12.1 Å². The third-order valence-corrected chi connectivity index (χ3v) is 6.87. The van der Waals surface area contributed by atoms with Gasteiger partial charge in [0.2, 0.25) is 0 Å². The third kappa shape index (κ3) is 5.07. The molecule has 32 heavy (non-hydrogen) atoms. The second kappa shape index (κ2) is 9.90. The molecule has 0 unspecified atom stereocenters. The van der Waals surface area contributed by atoms with E-state index in [1.54, 1.807) is 35.2 Å². The molecule has 0 aromatic heterocycles. The summed E-state index contributed by atoms with van der Waals surface area (Å²) in [6.07, 6.45) is 5.50. The van der Waals surface area contributed by atoms with Crippen LogP contribution in [0.15, 0.2) is 42.5 Å². The summed E-state index contributed by atoms with van der Waals surface area (Å²) in [4.78, 5) is 27.5. The molecule has 2 aromatic rings. The molecule has 170 valence electrons. The van der Waals surface area contributed by atoms with Gasteiger partial charge in [-0.25, -0.2) is 4.39 Å². The molecule has 0 aliphatic carbocycles. The van der Waals surface area contributed by atoms with Crippen molar-refractivity contribution < 1.29 is 18.7 Å². The van der Waals surface area contributed by atoms with E-state index < -0.39 is 5.82 Å². The van der Waals surface area contributed by atoms with Crippen molar-refractivity contribution in [2.75, 3.05) is 26.2 Å². The van der Waals surface area contributed by atoms with E-state index in [0.717, 1.165) is 38.5 Å². The van der Waals surface area contributed by atoms with Crippen LogP contribution in [0.2, 0.25) is 5.02 Å². The first kappa shape index (κ1) is 22.6. The Morgan fingerprint density at radius 3 is 2.62 bits per heavy atom. The van der Waals surface area contributed by atoms with Crippen LogP contribution in [0.4, 0.5) is 4.39 Å². The van der Waals surface area contributed by atoms with Gasteiger partial charge in [-0.2, -0.15) is 0 Å². The van der Waals surface area contributed by atoms with Crippen molar-refractivity contribution in [1.82, 2.24) is 10.2 Å². The predicted octanol–water partition coefficient (Wildman–Crippen LogP) is 5.08. The zero-order chi connectivity index (χ0) is 22.6. The van der Waals surface area contributed by atoms with Gasteiger partial charge >= 0.3 is 0 Å². The van der Waals surface area contributed by atoms with Gasteiger partial charge < -0.3 is 15.0 Å². The number of rotatable bonds is 1. The minimum Gasteiger partial charge on any atom is -0.493 e. The fourth-order valence-electron chi connectivity index (χ4n) is 4.63. The lowest BCUT2D eigenvalue weighted by atomic mass is 9.74. The average molecular weight is 459 g/mol. The van der Waals surface area contributed by atoms with Crippen molar-refractivity contribution in [3.05, 3.63) is 64.4 Å². The smallest absolute Gasteiger partial charge is 0.256 e. The molecule has 0 bridgehead atoms. The molecular formula is C25H28ClFN2O3. The number of nitrogens with one attached hydrogen (secondary N) is 1. The highest BCUT2D eigenvalue weighted by atomic mass is 35.5. The lowest BCUT2D eigenvalue weighted by molar-refractivity contribution is 0.0529. The standard InChI is InChI=1S/C25H28ClFN2O3/c26-18-8-9-22-20(16-18)23(30)28-17-25(10-4-1-5-15-32-22)11-13-29(14-12-25)24(31)19-6-2-3-7-21(19)27/h2-3,6-9,16H,1,4-5,10-15,17H2,(H,28,30). The quantitative estimate of drug-likeness (QED) is 0.648. The molecule has 1 fully saturated rings. The largest absolute Gasteiger partial charge is 0.493 e. The van der Waals surface area contributed by atoms with Gasteiger partial charge in [0, 0.05) is 24.7 Å². The molecule has 0 saturated carbocycles. The van der Waals surface area contributed by atoms with E-state index in [1.807, 2.05) is 0 Å². The maximum Gasteiger partial charge on any atom is 0.256 e. The van der Waals surface area contributed by atoms with Crippen LogP contribution in [0.5, 0.6) is 5.75 Å². The van der Waals surface area contributed by atoms with Crippen LogP contribution in [-0.2, 0) is 0 Å². The maximum atomic E-state index is 14.1. The van der Waals surface area contributed by atoms with Crippen molar-refractivity contribution >= 4 is 23.4 Å². The van der Waals surface area contributed by atoms with Crippen LogP contribution >= 0.6 is 11.6 Å². The number of hydrogen-bond donors (Lipinski definition) is 1. The van der Waals surface area contributed by atoms with Gasteiger partial charge in [-0.15, -0.1) is 0 Å². The first-order valence-electron chi connectivity index (χ1n) is 11.2. The SMILES string of the molecule is O=C1NCC2(CCCCCOc3ccc(Cl)cc31)CCN(C(=O)c1ccccc1F)CC2. The number of nitrogens with zero attached hydrogens (tertiary/aromatic N) is 1. The summed E-state index contributed by atoms with van der Waals surface area (Å²) in [5.74, 6) is -0.411. The van der Waals surface area contributed by atoms with E-state index in [4.69, 9.17) is 16.3 Å². The Balaban J connectivity index is 1.47. The highest BCUT2D eigenvalue weighted by Gasteiger charge is 2.36. The number of benzene rings is 2. The number of hydrogen-bond acceptors (Lipinski definition) is 3. The topological polar surface area (TPSA) is 58.6 Å². The molecule has 5 nitrogen and oxygen atoms in total. The van der Waals surface area contributed by atoms with Gasteiger partial charge in [0.05, 0.1) is 17.7 Å². The van der Waals surface area contributed by atoms with Gasteiger partial charge in [-0.05, 0) is 61.4 Å². The summed E-state index contributed by atoms with van der Waals surface area (Å²) in [6.45, 7) is 2.18. The minimum atomic E-state index is -0.490. The summed E-state index contributed by atoms with van der Waals surface area (Å²) in [5.41, 5.74) is 0.477. The Kier molecular flexibility index (Phi) is 6.99. The fourth-order valence-corrected chi connectivity index (χ4v) is 4.81. The predicted molar refractivity (Wildman–Crippen MR) is 122 cm³/mol. The first-order valence-corrected chi connectivity index (χ1v) is 11.6. The normalized spacial score (nSPS) is 19.2. The molecule has 0 radical (unpaired) electrons. The number of ether oxygens (including phenoxy) is 1. The van der Waals surface area contributed by atoms with E-state index in [0.29, 0.717) is 42.6 Å². The van der Waals surface area contributed by atoms with E-state index in [9.17, 15) is 14.0 Å². The maximum absolute atomic E-state index is 14.1. The Hall–Kier alpha value is -2.60. The molecule has 1 spiro atoms. The van der Waals surface area contributed by atoms with Crippen LogP contribution in [0.1, 0.15) is 59.2 Å². The first-order chi connectivity index (χ1) is 15.5. The van der Waals surface area contributed by atoms with Gasteiger partial charge in [-0.3, -0.25) is 9.59 Å². The number of carbonyl (C=O) groups is 2. The minimum absolute atomic E-state index is 0.0829. The molecule has 1 N–H and O–H groups in total. The Labute approximate surface area is 192 Å². The molecule has 2 amide bonds. The molecule has 2 aromatic carbocycles. The number of fused-ring (bicyclic) bond motifs is 1. The third-order valence-electron chi connectivity index (χ3n) is 6.63. The highest BCUT2D eigenvalue weighted by Crippen LogP contribution is 2.37. The molecule has 2 heterocycles. The van der Waals surface area contributed by atoms with Crippen LogP contribution in [0, 0.1) is 11.2 Å². The van der Waals surface area contributed by atoms with Crippen molar-refractivity contribution in [3.63, 3.8) is 0 Å². The molecule has 2 aliphatic rings. The van der Waals surface area contributed by atoms with Crippen LogP contribution in [-0.4, -0.2) is 43.0 Å². The summed E-state index contributed by atoms with van der Waals surface area (Å²) in [7, 11) is 0. The van der Waals surface area contributed by atoms with Crippen molar-refractivity contribution in [3.8, 4) is 5.75 Å². The summed E-state index contributed by atoms with van der Waals surface area (Å²) >= 11 is 6.12. The fraction of sp³-hybridized carbons (Fsp3) is 0.440. The molecule has 7 heteroatoms. The van der Waals surface area contributed by atoms with Crippen LogP contribution in [0.3, 0.4) is 0 Å². The Bertz CT molecular complexity index is 989. The van der Waals surface area contributed by atoms with Gasteiger partial charge in [0.15, 0.2) is 0 Å². The van der Waals surface area contributed by atoms with Crippen LogP contribution < -0.4 is 10.1 Å². The number of likely N-dealkylation sites (tertiary alicyclic amines) is 1. The molecule has 2 aliphatic heterocycles. The Morgan fingerprint density at radius 1 is 1.06 bits per heavy atom. The lowest BCUT2D eigenvalue weighted by Crippen LogP contribution is -2.48. The Morgan fingerprint density at radius 2 is 1.84 bits per heavy atom. The monoisotopic (exact) mass is 458 g/mol. The van der Waals surface area contributed by atoms with E-state index >= 15 is 0 Å². The lowest BCUT2D eigenvalue weighted by Gasteiger charge is -2.42. The number of amides is 2. The zero-order valence-electron chi connectivity index (χ0n) is 18.0. The van der Waals surface area contributed by atoms with Gasteiger partial charge in [0.25, 0.3) is 11.8 Å². The summed E-state index contributed by atoms with van der Waals surface area (Å²) < 4.78 is 19.9. The van der Waals surface area contributed by atoms with Crippen molar-refractivity contribution in [2.24, 2.45) is 5.41 Å². The van der Waals surface area contributed by atoms with Gasteiger partial charge in [0.1, 0.15) is 11.6 Å². The second-order valence-corrected chi connectivity index (χ2v) is 9.19. The van der Waals surface area contributed by atoms with E-state index in [-0.39, 0.29) is 22.8 Å². The van der Waals surface area contributed by atoms with Crippen molar-refractivity contribution in [2.45, 2.75) is 38.5 Å². The van der Waals surface area contributed by atoms with Crippen molar-refractivity contribution in [1.29, 1.82) is 0 Å². The number of halogens is 2. The summed E-state index contributed by atoms with van der Waals surface area (Å²) in [6, 6.07) is 11.2. The molecule has 4 rings (SSSR count). The van der Waals surface area contributed by atoms with E-state index in [2.05, 4.69) is 5.32 Å². The van der Waals surface area contributed by atoms with Gasteiger partial charge in [-0.1, -0.05) is 36.6 Å². The molecular weight excluding hydrogens is 431 g/mol. The average Bonchev–Trinajstić information content (AvgIpc) is 2.80. The summed E-state index contributed by atoms with van der Waals surface area (Å²) in [5, 5.41) is 3.58. The number of carbonyl (C=O) groups excluding carboxylic acids is 2.